The zero-order valence-corrected chi connectivity index (χ0v) is 10.9. The van der Waals surface area contributed by atoms with Crippen LogP contribution in [-0.2, 0) is 0 Å². The number of halogens is 1. The van der Waals surface area contributed by atoms with Crippen molar-refractivity contribution in [2.45, 2.75) is 26.3 Å². The quantitative estimate of drug-likeness (QED) is 0.850. The number of hydrogen-bond acceptors (Lipinski definition) is 3. The summed E-state index contributed by atoms with van der Waals surface area (Å²) in [5, 5.41) is 3.42. The Morgan fingerprint density at radius 1 is 1.60 bits per heavy atom. The van der Waals surface area contributed by atoms with Crippen molar-refractivity contribution < 1.29 is 0 Å². The van der Waals surface area contributed by atoms with Gasteiger partial charge < -0.3 is 10.2 Å². The number of rotatable bonds is 1. The Hall–Kier alpha value is -0.770. The van der Waals surface area contributed by atoms with Crippen LogP contribution in [0.3, 0.4) is 0 Å². The number of aromatic nitrogens is 1. The van der Waals surface area contributed by atoms with Gasteiger partial charge in [-0.05, 0) is 42.8 Å². The van der Waals surface area contributed by atoms with Crippen molar-refractivity contribution in [3.8, 4) is 0 Å². The van der Waals surface area contributed by atoms with Crippen molar-refractivity contribution in [3.63, 3.8) is 0 Å². The highest BCUT2D eigenvalue weighted by Gasteiger charge is 2.32. The molecule has 2 heterocycles. The predicted octanol–water partition coefficient (Wildman–Crippen LogP) is 2.87. The summed E-state index contributed by atoms with van der Waals surface area (Å²) in [7, 11) is 0. The van der Waals surface area contributed by atoms with Gasteiger partial charge in [-0.1, -0.05) is 0 Å². The number of likely N-dealkylation sites (N-methyl/N-ethyl adjacent to an activating group) is 1. The second-order valence-corrected chi connectivity index (χ2v) is 5.35. The van der Waals surface area contributed by atoms with E-state index >= 15 is 0 Å². The van der Waals surface area contributed by atoms with Crippen molar-refractivity contribution in [1.82, 2.24) is 4.98 Å². The minimum Gasteiger partial charge on any atom is -0.380 e. The van der Waals surface area contributed by atoms with Crippen LogP contribution in [0.1, 0.15) is 20.8 Å². The van der Waals surface area contributed by atoms with Gasteiger partial charge in [-0.15, -0.1) is 0 Å². The summed E-state index contributed by atoms with van der Waals surface area (Å²) in [5.41, 5.74) is 1.24. The molecule has 1 aliphatic rings. The zero-order valence-electron chi connectivity index (χ0n) is 9.34. The van der Waals surface area contributed by atoms with Crippen LogP contribution in [0, 0.1) is 0 Å². The third-order valence-corrected chi connectivity index (χ3v) is 3.28. The Morgan fingerprint density at radius 2 is 2.33 bits per heavy atom. The number of hydrogen-bond donors (Lipinski definition) is 1. The van der Waals surface area contributed by atoms with Crippen molar-refractivity contribution in [2.24, 2.45) is 0 Å². The van der Waals surface area contributed by atoms with Crippen LogP contribution in [0.4, 0.5) is 11.5 Å². The lowest BCUT2D eigenvalue weighted by molar-refractivity contribution is 0.475. The number of nitrogens with one attached hydrogen (secondary N) is 1. The smallest absolute Gasteiger partial charge is 0.152 e. The molecule has 0 unspecified atom stereocenters. The number of anilines is 2. The second-order valence-electron chi connectivity index (χ2n) is 4.43. The molecule has 0 atom stereocenters. The van der Waals surface area contributed by atoms with Crippen molar-refractivity contribution in [2.75, 3.05) is 23.3 Å². The number of pyridine rings is 1. The molecule has 0 saturated carbocycles. The lowest BCUT2D eigenvalue weighted by Gasteiger charge is -2.44. The van der Waals surface area contributed by atoms with Gasteiger partial charge in [0.05, 0.1) is 11.2 Å². The summed E-state index contributed by atoms with van der Waals surface area (Å²) in [4.78, 5) is 6.82. The van der Waals surface area contributed by atoms with Gasteiger partial charge >= 0.3 is 0 Å². The van der Waals surface area contributed by atoms with E-state index in [1.807, 2.05) is 6.20 Å². The minimum atomic E-state index is 0.128. The number of fused-ring (bicyclic) bond motifs is 1. The average Bonchev–Trinajstić information content (AvgIpc) is 2.18. The first kappa shape index (κ1) is 10.7. The molecule has 0 fully saturated rings. The summed E-state index contributed by atoms with van der Waals surface area (Å²) in [6.07, 6.45) is 1.85. The van der Waals surface area contributed by atoms with E-state index in [0.717, 1.165) is 29.1 Å². The normalized spacial score (nSPS) is 18.3. The van der Waals surface area contributed by atoms with Crippen LogP contribution in [0.15, 0.2) is 16.7 Å². The average molecular weight is 270 g/mol. The molecule has 82 valence electrons. The van der Waals surface area contributed by atoms with Gasteiger partial charge in [-0.3, -0.25) is 0 Å². The first-order chi connectivity index (χ1) is 7.04. The predicted molar refractivity (Wildman–Crippen MR) is 67.5 cm³/mol. The summed E-state index contributed by atoms with van der Waals surface area (Å²) < 4.78 is 1.02. The third kappa shape index (κ3) is 1.83. The first-order valence-corrected chi connectivity index (χ1v) is 6.01. The van der Waals surface area contributed by atoms with Crippen LogP contribution in [-0.4, -0.2) is 23.6 Å². The molecule has 15 heavy (non-hydrogen) atoms. The molecule has 0 aromatic carbocycles. The van der Waals surface area contributed by atoms with Crippen LogP contribution in [0.5, 0.6) is 0 Å². The summed E-state index contributed by atoms with van der Waals surface area (Å²) in [6.45, 7) is 8.56. The lowest BCUT2D eigenvalue weighted by atomic mass is 9.99. The van der Waals surface area contributed by atoms with Crippen LogP contribution >= 0.6 is 15.9 Å². The van der Waals surface area contributed by atoms with E-state index < -0.39 is 0 Å². The van der Waals surface area contributed by atoms with Crippen LogP contribution in [0.25, 0.3) is 0 Å². The molecular formula is C11H16BrN3. The first-order valence-electron chi connectivity index (χ1n) is 5.21. The van der Waals surface area contributed by atoms with Crippen molar-refractivity contribution in [3.05, 3.63) is 16.7 Å². The Kier molecular flexibility index (Phi) is 2.63. The Morgan fingerprint density at radius 3 is 3.00 bits per heavy atom. The zero-order chi connectivity index (χ0) is 11.1. The molecule has 1 aliphatic heterocycles. The van der Waals surface area contributed by atoms with E-state index in [1.54, 1.807) is 0 Å². The highest BCUT2D eigenvalue weighted by molar-refractivity contribution is 9.10. The monoisotopic (exact) mass is 269 g/mol. The molecule has 2 rings (SSSR count). The highest BCUT2D eigenvalue weighted by atomic mass is 79.9. The number of nitrogens with zero attached hydrogens (tertiary/aromatic N) is 2. The van der Waals surface area contributed by atoms with Gasteiger partial charge in [-0.2, -0.15) is 0 Å². The van der Waals surface area contributed by atoms with E-state index in [0.29, 0.717) is 0 Å². The third-order valence-electron chi connectivity index (χ3n) is 2.85. The second kappa shape index (κ2) is 3.67. The molecule has 4 heteroatoms. The molecule has 1 aromatic heterocycles. The topological polar surface area (TPSA) is 28.2 Å². The fourth-order valence-electron chi connectivity index (χ4n) is 2.05. The molecule has 0 aliphatic carbocycles. The fourth-order valence-corrected chi connectivity index (χ4v) is 2.38. The molecule has 1 aromatic rings. The SMILES string of the molecule is CCN1c2ncc(Br)cc2NCC1(C)C. The van der Waals surface area contributed by atoms with Crippen LogP contribution in [0.2, 0.25) is 0 Å². The van der Waals surface area contributed by atoms with Gasteiger partial charge in [0.1, 0.15) is 0 Å². The van der Waals surface area contributed by atoms with E-state index in [1.165, 1.54) is 0 Å². The highest BCUT2D eigenvalue weighted by Crippen LogP contribution is 2.35. The maximum Gasteiger partial charge on any atom is 0.152 e. The molecule has 0 radical (unpaired) electrons. The van der Waals surface area contributed by atoms with E-state index in [2.05, 4.69) is 58.0 Å². The lowest BCUT2D eigenvalue weighted by Crippen LogP contribution is -2.52. The standard InChI is InChI=1S/C11H16BrN3/c1-4-15-10-9(5-8(12)6-13-10)14-7-11(15,2)3/h5-6,14H,4,7H2,1-3H3. The van der Waals surface area contributed by atoms with Gasteiger partial charge in [0.2, 0.25) is 0 Å². The molecular weight excluding hydrogens is 254 g/mol. The maximum atomic E-state index is 4.48. The van der Waals surface area contributed by atoms with E-state index in [9.17, 15) is 0 Å². The molecule has 1 N–H and O–H groups in total. The minimum absolute atomic E-state index is 0.128. The van der Waals surface area contributed by atoms with Crippen molar-refractivity contribution >= 4 is 27.4 Å². The Bertz CT molecular complexity index is 376. The summed E-state index contributed by atoms with van der Waals surface area (Å²) in [5.74, 6) is 1.05. The molecule has 0 amide bonds. The van der Waals surface area contributed by atoms with E-state index in [-0.39, 0.29) is 5.54 Å². The maximum absolute atomic E-state index is 4.48. The van der Waals surface area contributed by atoms with Gasteiger partial charge in [0, 0.05) is 23.8 Å². The van der Waals surface area contributed by atoms with Crippen LogP contribution < -0.4 is 10.2 Å². The molecule has 3 nitrogen and oxygen atoms in total. The summed E-state index contributed by atoms with van der Waals surface area (Å²) >= 11 is 3.44. The van der Waals surface area contributed by atoms with E-state index in [4.69, 9.17) is 0 Å². The van der Waals surface area contributed by atoms with Gasteiger partial charge in [0.15, 0.2) is 5.82 Å². The largest absolute Gasteiger partial charge is 0.380 e. The van der Waals surface area contributed by atoms with Crippen molar-refractivity contribution in [1.29, 1.82) is 0 Å². The fraction of sp³-hybridized carbons (Fsp3) is 0.545. The molecule has 0 spiro atoms. The van der Waals surface area contributed by atoms with Gasteiger partial charge in [-0.25, -0.2) is 4.98 Å². The Labute approximate surface area is 99.0 Å². The van der Waals surface area contributed by atoms with Gasteiger partial charge in [0.25, 0.3) is 0 Å². The summed E-state index contributed by atoms with van der Waals surface area (Å²) in [6, 6.07) is 2.08. The molecule has 0 bridgehead atoms. The Balaban J connectivity index is 2.47. The molecule has 0 saturated heterocycles.